The van der Waals surface area contributed by atoms with E-state index in [1.54, 1.807) is 24.3 Å². The lowest BCUT2D eigenvalue weighted by Gasteiger charge is -2.18. The van der Waals surface area contributed by atoms with E-state index in [4.69, 9.17) is 14.2 Å². The van der Waals surface area contributed by atoms with E-state index >= 15 is 0 Å². The molecule has 0 aromatic heterocycles. The maximum atomic E-state index is 12.6. The second-order valence-electron chi connectivity index (χ2n) is 8.41. The van der Waals surface area contributed by atoms with Crippen molar-refractivity contribution in [1.29, 1.82) is 0 Å². The summed E-state index contributed by atoms with van der Waals surface area (Å²) in [6.07, 6.45) is -2.25. The molecule has 8 nitrogen and oxygen atoms in total. The highest BCUT2D eigenvalue weighted by molar-refractivity contribution is 7.88. The van der Waals surface area contributed by atoms with Crippen LogP contribution in [0.2, 0.25) is 0 Å². The molecule has 2 N–H and O–H groups in total. The molecule has 9 heteroatoms. The molecule has 0 aliphatic carbocycles. The fourth-order valence-corrected chi connectivity index (χ4v) is 5.35. The van der Waals surface area contributed by atoms with Gasteiger partial charge in [-0.2, -0.15) is 0 Å². The second-order valence-corrected chi connectivity index (χ2v) is 10.2. The van der Waals surface area contributed by atoms with Crippen molar-refractivity contribution in [3.05, 3.63) is 65.7 Å². The van der Waals surface area contributed by atoms with Crippen LogP contribution >= 0.6 is 0 Å². The smallest absolute Gasteiger partial charge is 0.412 e. The molecule has 1 amide bonds. The molecule has 2 aromatic rings. The molecular formula is C23H28N2O6S. The Morgan fingerprint density at radius 1 is 1.03 bits per heavy atom. The van der Waals surface area contributed by atoms with Gasteiger partial charge in [0.15, 0.2) is 6.10 Å². The number of fused-ring (bicyclic) bond motifs is 1. The number of sulfonamides is 1. The molecule has 0 bridgehead atoms. The van der Waals surface area contributed by atoms with Crippen molar-refractivity contribution < 1.29 is 27.4 Å². The van der Waals surface area contributed by atoms with Crippen LogP contribution in [0.4, 0.5) is 10.5 Å². The summed E-state index contributed by atoms with van der Waals surface area (Å²) in [7, 11) is -3.58. The number of nitrogens with one attached hydrogen (secondary N) is 2. The monoisotopic (exact) mass is 460 g/mol. The average Bonchev–Trinajstić information content (AvgIpc) is 3.32. The minimum Gasteiger partial charge on any atom is -0.441 e. The molecule has 2 aliphatic heterocycles. The van der Waals surface area contributed by atoms with E-state index in [1.165, 1.54) is 5.56 Å². The minimum absolute atomic E-state index is 0.125. The summed E-state index contributed by atoms with van der Waals surface area (Å²) in [5, 5.41) is 2.71. The van der Waals surface area contributed by atoms with Gasteiger partial charge in [0, 0.05) is 5.69 Å². The van der Waals surface area contributed by atoms with Crippen molar-refractivity contribution in [2.24, 2.45) is 0 Å². The van der Waals surface area contributed by atoms with Crippen molar-refractivity contribution in [2.75, 3.05) is 18.5 Å². The van der Waals surface area contributed by atoms with Gasteiger partial charge >= 0.3 is 6.09 Å². The molecule has 0 radical (unpaired) electrons. The standard InChI is InChI=1S/C23H28N2O6S/c1-15(2)17-8-10-18(11-9-17)24-23(26)31-20-13-30-21-19(12-29-22(20)21)25-32(27,28)14-16-6-4-3-5-7-16/h3-11,15,19-22,25H,12-14H2,1-2H3,(H,24,26)/t19-,20-,21-,22+/m0/s1. The van der Waals surface area contributed by atoms with Crippen molar-refractivity contribution in [3.8, 4) is 0 Å². The van der Waals surface area contributed by atoms with Gasteiger partial charge in [-0.05, 0) is 29.2 Å². The van der Waals surface area contributed by atoms with Gasteiger partial charge in [-0.15, -0.1) is 0 Å². The lowest BCUT2D eigenvalue weighted by atomic mass is 10.0. The summed E-state index contributed by atoms with van der Waals surface area (Å²) >= 11 is 0. The zero-order valence-electron chi connectivity index (χ0n) is 18.1. The summed E-state index contributed by atoms with van der Waals surface area (Å²) in [6, 6.07) is 16.0. The number of hydrogen-bond acceptors (Lipinski definition) is 6. The Morgan fingerprint density at radius 2 is 1.72 bits per heavy atom. The Balaban J connectivity index is 1.30. The first-order valence-electron chi connectivity index (χ1n) is 10.7. The third-order valence-electron chi connectivity index (χ3n) is 5.62. The number of hydrogen-bond donors (Lipinski definition) is 2. The Hall–Kier alpha value is -2.46. The van der Waals surface area contributed by atoms with Crippen LogP contribution in [-0.2, 0) is 30.0 Å². The van der Waals surface area contributed by atoms with Crippen LogP contribution < -0.4 is 10.0 Å². The summed E-state index contributed by atoms with van der Waals surface area (Å²) < 4.78 is 44.8. The van der Waals surface area contributed by atoms with Gasteiger partial charge in [0.2, 0.25) is 10.0 Å². The van der Waals surface area contributed by atoms with Gasteiger partial charge in [0.05, 0.1) is 25.0 Å². The summed E-state index contributed by atoms with van der Waals surface area (Å²) in [6.45, 7) is 4.50. The quantitative estimate of drug-likeness (QED) is 0.659. The van der Waals surface area contributed by atoms with Crippen LogP contribution in [0.15, 0.2) is 54.6 Å². The first-order chi connectivity index (χ1) is 15.3. The van der Waals surface area contributed by atoms with E-state index in [0.717, 1.165) is 0 Å². The van der Waals surface area contributed by atoms with Gasteiger partial charge in [-0.25, -0.2) is 17.9 Å². The van der Waals surface area contributed by atoms with Crippen molar-refractivity contribution >= 4 is 21.8 Å². The van der Waals surface area contributed by atoms with Crippen LogP contribution in [0.1, 0.15) is 30.9 Å². The fraction of sp³-hybridized carbons (Fsp3) is 0.435. The molecule has 2 aliphatic rings. The van der Waals surface area contributed by atoms with Crippen LogP contribution in [0.5, 0.6) is 0 Å². The first kappa shape index (κ1) is 22.7. The van der Waals surface area contributed by atoms with E-state index < -0.39 is 40.5 Å². The largest absolute Gasteiger partial charge is 0.441 e. The number of ether oxygens (including phenoxy) is 3. The van der Waals surface area contributed by atoms with Crippen LogP contribution in [-0.4, -0.2) is 52.1 Å². The molecule has 2 fully saturated rings. The zero-order chi connectivity index (χ0) is 22.7. The molecule has 172 valence electrons. The van der Waals surface area contributed by atoms with Crippen molar-refractivity contribution in [2.45, 2.75) is 49.9 Å². The number of rotatable bonds is 7. The number of carbonyl (C=O) groups excluding carboxylic acids is 1. The van der Waals surface area contributed by atoms with Crippen LogP contribution in [0.25, 0.3) is 0 Å². The average molecular weight is 461 g/mol. The summed E-state index contributed by atoms with van der Waals surface area (Å²) in [5.41, 5.74) is 2.51. The van der Waals surface area contributed by atoms with E-state index in [9.17, 15) is 13.2 Å². The van der Waals surface area contributed by atoms with Gasteiger partial charge in [0.1, 0.15) is 12.2 Å². The normalized spacial score (nSPS) is 25.0. The van der Waals surface area contributed by atoms with E-state index in [1.807, 2.05) is 30.3 Å². The lowest BCUT2D eigenvalue weighted by molar-refractivity contribution is 0.00883. The van der Waals surface area contributed by atoms with Gasteiger partial charge in [0.25, 0.3) is 0 Å². The maximum absolute atomic E-state index is 12.6. The molecule has 4 rings (SSSR count). The molecule has 2 saturated heterocycles. The van der Waals surface area contributed by atoms with Crippen LogP contribution in [0, 0.1) is 0 Å². The second kappa shape index (κ2) is 9.58. The molecule has 32 heavy (non-hydrogen) atoms. The highest BCUT2D eigenvalue weighted by Gasteiger charge is 2.50. The summed E-state index contributed by atoms with van der Waals surface area (Å²) in [4.78, 5) is 12.3. The van der Waals surface area contributed by atoms with Gasteiger partial charge in [-0.1, -0.05) is 56.3 Å². The van der Waals surface area contributed by atoms with E-state index in [0.29, 0.717) is 17.2 Å². The number of carbonyl (C=O) groups is 1. The molecule has 0 unspecified atom stereocenters. The Labute approximate surface area is 188 Å². The first-order valence-corrected chi connectivity index (χ1v) is 12.3. The van der Waals surface area contributed by atoms with E-state index in [2.05, 4.69) is 23.9 Å². The Bertz CT molecular complexity index is 1030. The van der Waals surface area contributed by atoms with Gasteiger partial charge in [-0.3, -0.25) is 5.32 Å². The van der Waals surface area contributed by atoms with Gasteiger partial charge < -0.3 is 14.2 Å². The Morgan fingerprint density at radius 3 is 2.41 bits per heavy atom. The number of amides is 1. The third kappa shape index (κ3) is 5.47. The molecule has 2 aromatic carbocycles. The lowest BCUT2D eigenvalue weighted by Crippen LogP contribution is -2.44. The summed E-state index contributed by atoms with van der Waals surface area (Å²) in [5.74, 6) is 0.279. The molecule has 0 spiro atoms. The number of anilines is 1. The molecule has 0 saturated carbocycles. The predicted molar refractivity (Wildman–Crippen MR) is 120 cm³/mol. The van der Waals surface area contributed by atoms with Crippen molar-refractivity contribution in [3.63, 3.8) is 0 Å². The molecule has 2 heterocycles. The van der Waals surface area contributed by atoms with Crippen LogP contribution in [0.3, 0.4) is 0 Å². The highest BCUT2D eigenvalue weighted by Crippen LogP contribution is 2.30. The molecule has 4 atom stereocenters. The number of benzene rings is 2. The van der Waals surface area contributed by atoms with E-state index in [-0.39, 0.29) is 19.0 Å². The third-order valence-corrected chi connectivity index (χ3v) is 7.00. The zero-order valence-corrected chi connectivity index (χ0v) is 18.9. The van der Waals surface area contributed by atoms with Crippen molar-refractivity contribution in [1.82, 2.24) is 4.72 Å². The minimum atomic E-state index is -3.58. The molecular weight excluding hydrogens is 432 g/mol. The maximum Gasteiger partial charge on any atom is 0.412 e. The highest BCUT2D eigenvalue weighted by atomic mass is 32.2. The topological polar surface area (TPSA) is 103 Å². The predicted octanol–water partition coefficient (Wildman–Crippen LogP) is 3.01. The Kier molecular flexibility index (Phi) is 6.80. The fourth-order valence-electron chi connectivity index (χ4n) is 3.97. The SMILES string of the molecule is CC(C)c1ccc(NC(=O)O[C@H]2CO[C@@H]3[C@@H]2OC[C@@H]3NS(=O)(=O)Cc2ccccc2)cc1.